The monoisotopic (exact) mass is 317 g/mol. The molecule has 0 fully saturated rings. The van der Waals surface area contributed by atoms with Crippen LogP contribution in [-0.2, 0) is 4.79 Å². The highest BCUT2D eigenvalue weighted by Crippen LogP contribution is 2.33. The summed E-state index contributed by atoms with van der Waals surface area (Å²) in [6.45, 7) is 0. The second-order valence-electron chi connectivity index (χ2n) is 4.48. The Kier molecular flexibility index (Phi) is 3.53. The molecule has 0 amide bonds. The molecule has 104 valence electrons. The van der Waals surface area contributed by atoms with E-state index < -0.39 is 5.78 Å². The van der Waals surface area contributed by atoms with Gasteiger partial charge in [0, 0.05) is 11.6 Å². The highest BCUT2D eigenvalue weighted by atomic mass is 35.5. The number of rotatable bonds is 3. The van der Waals surface area contributed by atoms with Crippen molar-refractivity contribution in [3.8, 4) is 5.69 Å². The van der Waals surface area contributed by atoms with E-state index >= 15 is 0 Å². The molecule has 5 heteroatoms. The Morgan fingerprint density at radius 2 is 1.67 bits per heavy atom. The van der Waals surface area contributed by atoms with Crippen molar-refractivity contribution in [3.05, 3.63) is 64.3 Å². The van der Waals surface area contributed by atoms with E-state index in [1.54, 1.807) is 35.0 Å². The Bertz CT molecular complexity index is 848. The standard InChI is InChI=1S/C16H9Cl2NO2/c17-12-5-3-6-13(18)16(12)19-8-11(15(21)9-20)10-4-1-2-7-14(10)19/h1-9H. The van der Waals surface area contributed by atoms with Crippen LogP contribution in [0.15, 0.2) is 48.7 Å². The summed E-state index contributed by atoms with van der Waals surface area (Å²) in [6, 6.07) is 12.5. The van der Waals surface area contributed by atoms with E-state index in [0.29, 0.717) is 33.0 Å². The van der Waals surface area contributed by atoms with Crippen LogP contribution in [0.2, 0.25) is 10.0 Å². The molecule has 0 atom stereocenters. The average molecular weight is 318 g/mol. The number of hydrogen-bond donors (Lipinski definition) is 0. The van der Waals surface area contributed by atoms with E-state index in [-0.39, 0.29) is 0 Å². The highest BCUT2D eigenvalue weighted by Gasteiger charge is 2.17. The predicted octanol–water partition coefficient (Wildman–Crippen LogP) is 4.32. The van der Waals surface area contributed by atoms with Crippen LogP contribution >= 0.6 is 23.2 Å². The van der Waals surface area contributed by atoms with Crippen molar-refractivity contribution in [2.45, 2.75) is 0 Å². The largest absolute Gasteiger partial charge is 0.313 e. The van der Waals surface area contributed by atoms with Crippen molar-refractivity contribution >= 4 is 46.2 Å². The number of aromatic nitrogens is 1. The van der Waals surface area contributed by atoms with Gasteiger partial charge in [-0.25, -0.2) is 0 Å². The van der Waals surface area contributed by atoms with Crippen LogP contribution in [0.5, 0.6) is 0 Å². The normalized spacial score (nSPS) is 10.8. The smallest absolute Gasteiger partial charge is 0.227 e. The number of Topliss-reactive ketones (excluding diaryl/α,β-unsaturated/α-hetero) is 1. The van der Waals surface area contributed by atoms with E-state index in [0.717, 1.165) is 5.52 Å². The van der Waals surface area contributed by atoms with Gasteiger partial charge < -0.3 is 4.57 Å². The van der Waals surface area contributed by atoms with E-state index in [4.69, 9.17) is 23.2 Å². The molecule has 0 bridgehead atoms. The summed E-state index contributed by atoms with van der Waals surface area (Å²) in [5.41, 5.74) is 1.68. The summed E-state index contributed by atoms with van der Waals surface area (Å²) in [7, 11) is 0. The Balaban J connectivity index is 2.39. The Morgan fingerprint density at radius 3 is 2.33 bits per heavy atom. The summed E-state index contributed by atoms with van der Waals surface area (Å²) in [5, 5.41) is 1.62. The number of carbonyl (C=O) groups is 2. The molecule has 3 rings (SSSR count). The molecule has 0 radical (unpaired) electrons. The first kappa shape index (κ1) is 13.9. The fraction of sp³-hybridized carbons (Fsp3) is 0. The predicted molar refractivity (Wildman–Crippen MR) is 83.7 cm³/mol. The number of hydrogen-bond acceptors (Lipinski definition) is 2. The fourth-order valence-electron chi connectivity index (χ4n) is 2.34. The maximum absolute atomic E-state index is 11.8. The molecule has 0 saturated heterocycles. The molecule has 1 heterocycles. The van der Waals surface area contributed by atoms with E-state index in [9.17, 15) is 9.59 Å². The fourth-order valence-corrected chi connectivity index (χ4v) is 2.92. The third kappa shape index (κ3) is 2.24. The van der Waals surface area contributed by atoms with Crippen molar-refractivity contribution in [2.24, 2.45) is 0 Å². The van der Waals surface area contributed by atoms with Gasteiger partial charge in [0.1, 0.15) is 0 Å². The minimum Gasteiger partial charge on any atom is -0.313 e. The summed E-state index contributed by atoms with van der Waals surface area (Å²) in [5.74, 6) is -0.576. The van der Waals surface area contributed by atoms with Crippen molar-refractivity contribution in [1.82, 2.24) is 4.57 Å². The minimum atomic E-state index is -0.576. The molecule has 2 aromatic carbocycles. The van der Waals surface area contributed by atoms with Crippen LogP contribution in [0, 0.1) is 0 Å². The lowest BCUT2D eigenvalue weighted by Crippen LogP contribution is -1.99. The van der Waals surface area contributed by atoms with Crippen molar-refractivity contribution in [3.63, 3.8) is 0 Å². The summed E-state index contributed by atoms with van der Waals surface area (Å²) in [4.78, 5) is 22.6. The van der Waals surface area contributed by atoms with Gasteiger partial charge in [-0.15, -0.1) is 0 Å². The number of benzene rings is 2. The molecule has 3 aromatic rings. The maximum atomic E-state index is 11.8. The van der Waals surface area contributed by atoms with Gasteiger partial charge in [-0.2, -0.15) is 0 Å². The highest BCUT2D eigenvalue weighted by molar-refractivity contribution is 6.38. The first-order valence-corrected chi connectivity index (χ1v) is 6.93. The summed E-state index contributed by atoms with van der Waals surface area (Å²) < 4.78 is 1.73. The van der Waals surface area contributed by atoms with E-state index in [1.165, 1.54) is 0 Å². The first-order chi connectivity index (χ1) is 10.1. The van der Waals surface area contributed by atoms with E-state index in [1.807, 2.05) is 18.2 Å². The van der Waals surface area contributed by atoms with Gasteiger partial charge in [-0.3, -0.25) is 9.59 Å². The number of aldehydes is 1. The number of halogens is 2. The molecular formula is C16H9Cl2NO2. The van der Waals surface area contributed by atoms with Crippen molar-refractivity contribution < 1.29 is 9.59 Å². The molecule has 0 saturated carbocycles. The number of nitrogens with zero attached hydrogens (tertiary/aromatic N) is 1. The van der Waals surface area contributed by atoms with Crippen LogP contribution in [0.25, 0.3) is 16.6 Å². The van der Waals surface area contributed by atoms with Gasteiger partial charge in [0.2, 0.25) is 5.78 Å². The van der Waals surface area contributed by atoms with Crippen LogP contribution in [0.4, 0.5) is 0 Å². The zero-order valence-corrected chi connectivity index (χ0v) is 12.2. The Hall–Kier alpha value is -2.10. The van der Waals surface area contributed by atoms with Crippen LogP contribution in [-0.4, -0.2) is 16.6 Å². The van der Waals surface area contributed by atoms with Crippen LogP contribution < -0.4 is 0 Å². The lowest BCUT2D eigenvalue weighted by atomic mass is 10.1. The maximum Gasteiger partial charge on any atom is 0.227 e. The van der Waals surface area contributed by atoms with Gasteiger partial charge in [0.05, 0.1) is 26.8 Å². The topological polar surface area (TPSA) is 39.1 Å². The first-order valence-electron chi connectivity index (χ1n) is 6.17. The summed E-state index contributed by atoms with van der Waals surface area (Å²) >= 11 is 12.5. The van der Waals surface area contributed by atoms with Crippen molar-refractivity contribution in [2.75, 3.05) is 0 Å². The van der Waals surface area contributed by atoms with Gasteiger partial charge in [0.25, 0.3) is 0 Å². The molecule has 0 N–H and O–H groups in total. The molecule has 3 nitrogen and oxygen atoms in total. The number of carbonyl (C=O) groups excluding carboxylic acids is 2. The zero-order valence-electron chi connectivity index (χ0n) is 10.7. The lowest BCUT2D eigenvalue weighted by molar-refractivity contribution is -0.104. The molecule has 0 aliphatic heterocycles. The van der Waals surface area contributed by atoms with Crippen LogP contribution in [0.1, 0.15) is 10.4 Å². The number of fused-ring (bicyclic) bond motifs is 1. The van der Waals surface area contributed by atoms with Crippen LogP contribution in [0.3, 0.4) is 0 Å². The quantitative estimate of drug-likeness (QED) is 0.410. The number of ketones is 1. The molecule has 0 aliphatic carbocycles. The molecule has 0 unspecified atom stereocenters. The van der Waals surface area contributed by atoms with Gasteiger partial charge >= 0.3 is 0 Å². The zero-order chi connectivity index (χ0) is 15.0. The third-order valence-corrected chi connectivity index (χ3v) is 3.87. The second-order valence-corrected chi connectivity index (χ2v) is 5.30. The van der Waals surface area contributed by atoms with E-state index in [2.05, 4.69) is 0 Å². The minimum absolute atomic E-state index is 0.306. The van der Waals surface area contributed by atoms with Gasteiger partial charge in [-0.1, -0.05) is 47.5 Å². The summed E-state index contributed by atoms with van der Waals surface area (Å²) in [6.07, 6.45) is 1.90. The second kappa shape index (κ2) is 5.35. The third-order valence-electron chi connectivity index (χ3n) is 3.26. The molecule has 1 aromatic heterocycles. The molecule has 0 spiro atoms. The Labute approximate surface area is 130 Å². The molecule has 21 heavy (non-hydrogen) atoms. The van der Waals surface area contributed by atoms with Gasteiger partial charge in [-0.05, 0) is 18.2 Å². The molecule has 0 aliphatic rings. The average Bonchev–Trinajstić information content (AvgIpc) is 2.86. The van der Waals surface area contributed by atoms with Gasteiger partial charge in [0.15, 0.2) is 6.29 Å². The molecular weight excluding hydrogens is 309 g/mol. The number of para-hydroxylation sites is 2. The Morgan fingerprint density at radius 1 is 1.00 bits per heavy atom. The van der Waals surface area contributed by atoms with Crippen molar-refractivity contribution in [1.29, 1.82) is 0 Å². The lowest BCUT2D eigenvalue weighted by Gasteiger charge is -2.09. The SMILES string of the molecule is O=CC(=O)c1cn(-c2c(Cl)cccc2Cl)c2ccccc12.